The van der Waals surface area contributed by atoms with Gasteiger partial charge in [-0.1, -0.05) is 25.3 Å². The molecule has 1 saturated carbocycles. The van der Waals surface area contributed by atoms with E-state index < -0.39 is 11.6 Å². The van der Waals surface area contributed by atoms with Crippen molar-refractivity contribution < 1.29 is 8.78 Å². The van der Waals surface area contributed by atoms with E-state index in [9.17, 15) is 8.78 Å². The molecule has 1 fully saturated rings. The summed E-state index contributed by atoms with van der Waals surface area (Å²) in [6.45, 7) is 0.771. The van der Waals surface area contributed by atoms with E-state index in [-0.39, 0.29) is 0 Å². The monoisotopic (exact) mass is 239 g/mol. The second-order valence-electron chi connectivity index (χ2n) is 4.77. The number of benzene rings is 1. The molecule has 0 amide bonds. The summed E-state index contributed by atoms with van der Waals surface area (Å²) in [6, 6.07) is 4.40. The van der Waals surface area contributed by atoms with Gasteiger partial charge in [-0.05, 0) is 37.4 Å². The van der Waals surface area contributed by atoms with Crippen LogP contribution in [0.5, 0.6) is 0 Å². The third-order valence-electron chi connectivity index (χ3n) is 3.45. The van der Waals surface area contributed by atoms with Crippen LogP contribution in [0.3, 0.4) is 0 Å². The summed E-state index contributed by atoms with van der Waals surface area (Å²) < 4.78 is 26.1. The van der Waals surface area contributed by atoms with Crippen LogP contribution >= 0.6 is 0 Å². The first-order valence-corrected chi connectivity index (χ1v) is 6.43. The zero-order valence-corrected chi connectivity index (χ0v) is 10.0. The molecule has 1 nitrogen and oxygen atoms in total. The fourth-order valence-corrected chi connectivity index (χ4v) is 2.44. The van der Waals surface area contributed by atoms with E-state index in [1.54, 1.807) is 0 Å². The van der Waals surface area contributed by atoms with Gasteiger partial charge in [0.15, 0.2) is 0 Å². The largest absolute Gasteiger partial charge is 0.314 e. The van der Waals surface area contributed by atoms with Gasteiger partial charge in [-0.2, -0.15) is 0 Å². The Labute approximate surface area is 101 Å². The molecule has 0 saturated heterocycles. The summed E-state index contributed by atoms with van der Waals surface area (Å²) in [6.07, 6.45) is 7.01. The van der Waals surface area contributed by atoms with Crippen LogP contribution in [0.25, 0.3) is 0 Å². The molecule has 17 heavy (non-hydrogen) atoms. The molecule has 1 aliphatic rings. The molecule has 0 aliphatic heterocycles. The Bertz CT molecular complexity index is 359. The van der Waals surface area contributed by atoms with Gasteiger partial charge in [0.25, 0.3) is 0 Å². The topological polar surface area (TPSA) is 12.0 Å². The Kier molecular flexibility index (Phi) is 4.49. The van der Waals surface area contributed by atoms with Crippen LogP contribution in [0.4, 0.5) is 8.78 Å². The van der Waals surface area contributed by atoms with Crippen molar-refractivity contribution in [2.24, 2.45) is 0 Å². The average molecular weight is 239 g/mol. The molecule has 1 aromatic rings. The van der Waals surface area contributed by atoms with Crippen molar-refractivity contribution in [2.75, 3.05) is 6.54 Å². The van der Waals surface area contributed by atoms with E-state index in [0.29, 0.717) is 18.0 Å². The zero-order chi connectivity index (χ0) is 12.1. The van der Waals surface area contributed by atoms with Crippen LogP contribution in [0.2, 0.25) is 0 Å². The molecule has 1 aromatic carbocycles. The molecule has 0 unspecified atom stereocenters. The molecule has 0 atom stereocenters. The lowest BCUT2D eigenvalue weighted by molar-refractivity contribution is 0.375. The minimum Gasteiger partial charge on any atom is -0.314 e. The normalized spacial score (nSPS) is 17.3. The molecule has 94 valence electrons. The van der Waals surface area contributed by atoms with Crippen LogP contribution in [-0.2, 0) is 6.42 Å². The van der Waals surface area contributed by atoms with Gasteiger partial charge in [0.1, 0.15) is 11.6 Å². The van der Waals surface area contributed by atoms with Gasteiger partial charge in [0.05, 0.1) is 0 Å². The van der Waals surface area contributed by atoms with E-state index in [1.807, 2.05) is 0 Å². The number of nitrogens with one attached hydrogen (secondary N) is 1. The average Bonchev–Trinajstić information content (AvgIpc) is 2.33. The fraction of sp³-hybridized carbons (Fsp3) is 0.571. The van der Waals surface area contributed by atoms with Crippen molar-refractivity contribution in [1.82, 2.24) is 5.32 Å². The van der Waals surface area contributed by atoms with E-state index in [1.165, 1.54) is 44.2 Å². The lowest BCUT2D eigenvalue weighted by Gasteiger charge is -2.22. The molecule has 3 heteroatoms. The van der Waals surface area contributed by atoms with E-state index >= 15 is 0 Å². The van der Waals surface area contributed by atoms with Crippen LogP contribution in [-0.4, -0.2) is 12.6 Å². The first kappa shape index (κ1) is 12.5. The molecule has 2 rings (SSSR count). The summed E-state index contributed by atoms with van der Waals surface area (Å²) in [5, 5.41) is 3.45. The smallest absolute Gasteiger partial charge is 0.129 e. The minimum absolute atomic E-state index is 0.435. The highest BCUT2D eigenvalue weighted by molar-refractivity contribution is 5.18. The van der Waals surface area contributed by atoms with Gasteiger partial charge < -0.3 is 5.32 Å². The molecule has 0 spiro atoms. The van der Waals surface area contributed by atoms with Crippen LogP contribution in [0, 0.1) is 11.6 Å². The van der Waals surface area contributed by atoms with Crippen molar-refractivity contribution in [3.8, 4) is 0 Å². The zero-order valence-electron chi connectivity index (χ0n) is 10.0. The summed E-state index contributed by atoms with van der Waals surface area (Å²) in [5.74, 6) is -0.943. The maximum Gasteiger partial charge on any atom is 0.129 e. The third-order valence-corrected chi connectivity index (χ3v) is 3.45. The molecular formula is C14H19F2N. The Hall–Kier alpha value is -0.960. The maximum atomic E-state index is 13.3. The van der Waals surface area contributed by atoms with Crippen LogP contribution in [0.1, 0.15) is 37.7 Å². The molecule has 0 bridgehead atoms. The van der Waals surface area contributed by atoms with Crippen LogP contribution < -0.4 is 5.32 Å². The SMILES string of the molecule is Fc1ccc(CCNC2CCCCC2)c(F)c1. The fourth-order valence-electron chi connectivity index (χ4n) is 2.44. The van der Waals surface area contributed by atoms with Gasteiger partial charge in [0.2, 0.25) is 0 Å². The molecule has 0 radical (unpaired) electrons. The summed E-state index contributed by atoms with van der Waals surface area (Å²) in [4.78, 5) is 0. The van der Waals surface area contributed by atoms with Gasteiger partial charge in [-0.15, -0.1) is 0 Å². The predicted octanol–water partition coefficient (Wildman–Crippen LogP) is 3.43. The van der Waals surface area contributed by atoms with Crippen molar-refractivity contribution >= 4 is 0 Å². The molecule has 1 N–H and O–H groups in total. The van der Waals surface area contributed by atoms with Crippen LogP contribution in [0.15, 0.2) is 18.2 Å². The van der Waals surface area contributed by atoms with Crippen molar-refractivity contribution in [1.29, 1.82) is 0 Å². The van der Waals surface area contributed by atoms with Gasteiger partial charge in [-0.25, -0.2) is 8.78 Å². The summed E-state index contributed by atoms with van der Waals surface area (Å²) >= 11 is 0. The Morgan fingerprint density at radius 2 is 1.88 bits per heavy atom. The Balaban J connectivity index is 1.77. The predicted molar refractivity (Wildman–Crippen MR) is 64.9 cm³/mol. The first-order chi connectivity index (χ1) is 8.25. The highest BCUT2D eigenvalue weighted by Gasteiger charge is 2.12. The molecule has 0 aromatic heterocycles. The number of rotatable bonds is 4. The van der Waals surface area contributed by atoms with Gasteiger partial charge >= 0.3 is 0 Å². The summed E-state index contributed by atoms with van der Waals surface area (Å²) in [5.41, 5.74) is 0.592. The van der Waals surface area contributed by atoms with E-state index in [0.717, 1.165) is 12.6 Å². The van der Waals surface area contributed by atoms with E-state index in [4.69, 9.17) is 0 Å². The molecule has 1 aliphatic carbocycles. The van der Waals surface area contributed by atoms with Crippen molar-refractivity contribution in [2.45, 2.75) is 44.6 Å². The molecule has 0 heterocycles. The molecular weight excluding hydrogens is 220 g/mol. The number of hydrogen-bond acceptors (Lipinski definition) is 1. The minimum atomic E-state index is -0.508. The van der Waals surface area contributed by atoms with Gasteiger partial charge in [0, 0.05) is 12.1 Å². The lowest BCUT2D eigenvalue weighted by atomic mass is 9.95. The highest BCUT2D eigenvalue weighted by Crippen LogP contribution is 2.17. The Morgan fingerprint density at radius 3 is 2.59 bits per heavy atom. The number of hydrogen-bond donors (Lipinski definition) is 1. The standard InChI is InChI=1S/C14H19F2N/c15-12-7-6-11(14(16)10-12)8-9-17-13-4-2-1-3-5-13/h6-7,10,13,17H,1-5,8-9H2. The Morgan fingerprint density at radius 1 is 1.12 bits per heavy atom. The van der Waals surface area contributed by atoms with Gasteiger partial charge in [-0.3, -0.25) is 0 Å². The maximum absolute atomic E-state index is 13.3. The highest BCUT2D eigenvalue weighted by atomic mass is 19.1. The van der Waals surface area contributed by atoms with E-state index in [2.05, 4.69) is 5.32 Å². The quantitative estimate of drug-likeness (QED) is 0.848. The second kappa shape index (κ2) is 6.10. The number of halogens is 2. The first-order valence-electron chi connectivity index (χ1n) is 6.43. The van der Waals surface area contributed by atoms with Crippen molar-refractivity contribution in [3.05, 3.63) is 35.4 Å². The lowest BCUT2D eigenvalue weighted by Crippen LogP contribution is -2.32. The third kappa shape index (κ3) is 3.77. The summed E-state index contributed by atoms with van der Waals surface area (Å²) in [7, 11) is 0. The second-order valence-corrected chi connectivity index (χ2v) is 4.77. The van der Waals surface area contributed by atoms with Crippen molar-refractivity contribution in [3.63, 3.8) is 0 Å².